The summed E-state index contributed by atoms with van der Waals surface area (Å²) in [6.07, 6.45) is 6.36. The van der Waals surface area contributed by atoms with Crippen molar-refractivity contribution < 1.29 is 0 Å². The second-order valence-corrected chi connectivity index (χ2v) is 6.45. The van der Waals surface area contributed by atoms with Crippen LogP contribution in [0.25, 0.3) is 0 Å². The zero-order valence-corrected chi connectivity index (χ0v) is 12.2. The Balaban J connectivity index is 2.29. The third kappa shape index (κ3) is 2.94. The molecule has 88 valence electrons. The summed E-state index contributed by atoms with van der Waals surface area (Å²) in [5.41, 5.74) is 1.21. The van der Waals surface area contributed by atoms with Crippen LogP contribution in [0.4, 0.5) is 0 Å². The van der Waals surface area contributed by atoms with E-state index in [0.29, 0.717) is 10.7 Å². The quantitative estimate of drug-likeness (QED) is 0.452. The normalized spacial score (nSPS) is 26.4. The van der Waals surface area contributed by atoms with E-state index in [9.17, 15) is 0 Å². The first-order valence-corrected chi connectivity index (χ1v) is 7.44. The van der Waals surface area contributed by atoms with Crippen LogP contribution in [0.15, 0.2) is 18.2 Å². The van der Waals surface area contributed by atoms with Gasteiger partial charge in [-0.25, -0.2) is 0 Å². The van der Waals surface area contributed by atoms with Crippen molar-refractivity contribution in [3.63, 3.8) is 0 Å². The van der Waals surface area contributed by atoms with E-state index in [0.717, 1.165) is 10.0 Å². The maximum atomic E-state index is 6.27. The molecule has 0 amide bonds. The Morgan fingerprint density at radius 1 is 1.06 bits per heavy atom. The summed E-state index contributed by atoms with van der Waals surface area (Å²) in [7, 11) is 0. The molecule has 3 heteroatoms. The van der Waals surface area contributed by atoms with Crippen molar-refractivity contribution in [3.8, 4) is 0 Å². The maximum Gasteiger partial charge on any atom is 0.0442 e. The van der Waals surface area contributed by atoms with Gasteiger partial charge in [-0.2, -0.15) is 0 Å². The van der Waals surface area contributed by atoms with Gasteiger partial charge in [0.1, 0.15) is 0 Å². The molecule has 0 heterocycles. The zero-order valence-electron chi connectivity index (χ0n) is 9.06. The predicted molar refractivity (Wildman–Crippen MR) is 75.0 cm³/mol. The van der Waals surface area contributed by atoms with Crippen molar-refractivity contribution in [1.82, 2.24) is 0 Å². The van der Waals surface area contributed by atoms with Gasteiger partial charge in [0.05, 0.1) is 0 Å². The van der Waals surface area contributed by atoms with Crippen LogP contribution in [0.2, 0.25) is 10.0 Å². The molecule has 0 aromatic heterocycles. The molecule has 1 aliphatic rings. The van der Waals surface area contributed by atoms with Crippen LogP contribution < -0.4 is 0 Å². The van der Waals surface area contributed by atoms with Gasteiger partial charge in [0.2, 0.25) is 0 Å². The minimum Gasteiger partial charge on any atom is -0.0884 e. The SMILES string of the molecule is Clc1ccc(Cl)c(C2CCCCCC2Br)c1. The van der Waals surface area contributed by atoms with E-state index >= 15 is 0 Å². The van der Waals surface area contributed by atoms with Gasteiger partial charge in [0.15, 0.2) is 0 Å². The van der Waals surface area contributed by atoms with E-state index in [-0.39, 0.29) is 0 Å². The van der Waals surface area contributed by atoms with Gasteiger partial charge in [-0.3, -0.25) is 0 Å². The molecule has 0 bridgehead atoms. The highest BCUT2D eigenvalue weighted by molar-refractivity contribution is 9.09. The first-order valence-electron chi connectivity index (χ1n) is 5.77. The van der Waals surface area contributed by atoms with E-state index in [2.05, 4.69) is 15.9 Å². The first kappa shape index (κ1) is 12.7. The van der Waals surface area contributed by atoms with Crippen molar-refractivity contribution >= 4 is 39.1 Å². The Kier molecular flexibility index (Phi) is 4.57. The average Bonchev–Trinajstić information content (AvgIpc) is 2.47. The maximum absolute atomic E-state index is 6.27. The zero-order chi connectivity index (χ0) is 11.5. The Bertz CT molecular complexity index is 365. The molecule has 1 fully saturated rings. The molecule has 0 radical (unpaired) electrons. The van der Waals surface area contributed by atoms with Crippen molar-refractivity contribution in [2.75, 3.05) is 0 Å². The molecule has 0 nitrogen and oxygen atoms in total. The van der Waals surface area contributed by atoms with Gasteiger partial charge < -0.3 is 0 Å². The van der Waals surface area contributed by atoms with Gasteiger partial charge in [-0.15, -0.1) is 0 Å². The Labute approximate surface area is 115 Å². The van der Waals surface area contributed by atoms with Gasteiger partial charge in [0.25, 0.3) is 0 Å². The van der Waals surface area contributed by atoms with Crippen LogP contribution in [0.1, 0.15) is 43.6 Å². The topological polar surface area (TPSA) is 0 Å². The third-order valence-corrected chi connectivity index (χ3v) is 4.96. The Morgan fingerprint density at radius 2 is 1.81 bits per heavy atom. The van der Waals surface area contributed by atoms with Crippen LogP contribution in [0.5, 0.6) is 0 Å². The van der Waals surface area contributed by atoms with Gasteiger partial charge in [-0.1, -0.05) is 58.4 Å². The molecule has 1 aromatic carbocycles. The number of hydrogen-bond donors (Lipinski definition) is 0. The predicted octanol–water partition coefficient (Wildman–Crippen LogP) is 5.80. The molecule has 1 saturated carbocycles. The molecular formula is C13H15BrCl2. The van der Waals surface area contributed by atoms with Crippen LogP contribution in [-0.2, 0) is 0 Å². The smallest absolute Gasteiger partial charge is 0.0442 e. The van der Waals surface area contributed by atoms with Gasteiger partial charge in [0, 0.05) is 14.9 Å². The average molecular weight is 322 g/mol. The summed E-state index contributed by atoms with van der Waals surface area (Å²) in [6.45, 7) is 0. The fourth-order valence-corrected chi connectivity index (χ4v) is 3.72. The highest BCUT2D eigenvalue weighted by atomic mass is 79.9. The largest absolute Gasteiger partial charge is 0.0884 e. The standard InChI is InChI=1S/C13H15BrCl2/c14-12-5-3-1-2-4-10(12)11-8-9(15)6-7-13(11)16/h6-8,10,12H,1-5H2. The van der Waals surface area contributed by atoms with Crippen molar-refractivity contribution in [2.45, 2.75) is 42.8 Å². The number of halogens is 3. The molecule has 0 N–H and O–H groups in total. The molecular weight excluding hydrogens is 307 g/mol. The number of rotatable bonds is 1. The fraction of sp³-hybridized carbons (Fsp3) is 0.538. The molecule has 2 unspecified atom stereocenters. The summed E-state index contributed by atoms with van der Waals surface area (Å²) in [5, 5.41) is 1.63. The fourth-order valence-electron chi connectivity index (χ4n) is 2.41. The second-order valence-electron chi connectivity index (χ2n) is 4.43. The Morgan fingerprint density at radius 3 is 2.62 bits per heavy atom. The second kappa shape index (κ2) is 5.75. The first-order chi connectivity index (χ1) is 7.68. The van der Waals surface area contributed by atoms with Crippen LogP contribution in [0.3, 0.4) is 0 Å². The minimum absolute atomic E-state index is 0.508. The summed E-state index contributed by atoms with van der Waals surface area (Å²) in [5.74, 6) is 0.508. The lowest BCUT2D eigenvalue weighted by atomic mass is 9.92. The summed E-state index contributed by atoms with van der Waals surface area (Å²) >= 11 is 16.1. The molecule has 0 saturated heterocycles. The van der Waals surface area contributed by atoms with E-state index in [1.165, 1.54) is 37.7 Å². The van der Waals surface area contributed by atoms with Crippen molar-refractivity contribution in [3.05, 3.63) is 33.8 Å². The van der Waals surface area contributed by atoms with Crippen molar-refractivity contribution in [2.24, 2.45) is 0 Å². The molecule has 1 aliphatic carbocycles. The van der Waals surface area contributed by atoms with E-state index in [1.54, 1.807) is 0 Å². The lowest BCUT2D eigenvalue weighted by Gasteiger charge is -2.21. The summed E-state index contributed by atoms with van der Waals surface area (Å²) < 4.78 is 0. The van der Waals surface area contributed by atoms with Gasteiger partial charge >= 0.3 is 0 Å². The minimum atomic E-state index is 0.508. The Hall–Kier alpha value is 0.280. The lowest BCUT2D eigenvalue weighted by molar-refractivity contribution is 0.613. The molecule has 2 rings (SSSR count). The van der Waals surface area contributed by atoms with E-state index < -0.39 is 0 Å². The molecule has 0 spiro atoms. The number of alkyl halides is 1. The monoisotopic (exact) mass is 320 g/mol. The van der Waals surface area contributed by atoms with Crippen LogP contribution in [-0.4, -0.2) is 4.83 Å². The van der Waals surface area contributed by atoms with E-state index in [1.807, 2.05) is 18.2 Å². The lowest BCUT2D eigenvalue weighted by Crippen LogP contribution is -2.11. The summed E-state index contributed by atoms with van der Waals surface area (Å²) in [4.78, 5) is 0.533. The highest BCUT2D eigenvalue weighted by Gasteiger charge is 2.24. The van der Waals surface area contributed by atoms with Crippen LogP contribution >= 0.6 is 39.1 Å². The molecule has 2 atom stereocenters. The number of benzene rings is 1. The van der Waals surface area contributed by atoms with E-state index in [4.69, 9.17) is 23.2 Å². The van der Waals surface area contributed by atoms with Crippen molar-refractivity contribution in [1.29, 1.82) is 0 Å². The summed E-state index contributed by atoms with van der Waals surface area (Å²) in [6, 6.07) is 5.78. The highest BCUT2D eigenvalue weighted by Crippen LogP contribution is 2.39. The molecule has 1 aromatic rings. The molecule has 0 aliphatic heterocycles. The third-order valence-electron chi connectivity index (χ3n) is 3.29. The van der Waals surface area contributed by atoms with Gasteiger partial charge in [-0.05, 0) is 42.5 Å². The molecule has 16 heavy (non-hydrogen) atoms. The number of hydrogen-bond acceptors (Lipinski definition) is 0. The van der Waals surface area contributed by atoms with Crippen LogP contribution in [0, 0.1) is 0 Å².